The van der Waals surface area contributed by atoms with Crippen molar-refractivity contribution >= 4 is 16.9 Å². The van der Waals surface area contributed by atoms with Crippen molar-refractivity contribution in [1.29, 1.82) is 0 Å². The molecule has 3 N–H and O–H groups in total. The van der Waals surface area contributed by atoms with Gasteiger partial charge in [-0.05, 0) is 39.7 Å². The van der Waals surface area contributed by atoms with E-state index >= 15 is 0 Å². The van der Waals surface area contributed by atoms with Gasteiger partial charge < -0.3 is 29.8 Å². The van der Waals surface area contributed by atoms with Crippen LogP contribution in [-0.4, -0.2) is 81.5 Å². The first-order valence-corrected chi connectivity index (χ1v) is 11.6. The van der Waals surface area contributed by atoms with E-state index in [1.807, 2.05) is 12.1 Å². The van der Waals surface area contributed by atoms with Crippen molar-refractivity contribution < 1.29 is 14.2 Å². The van der Waals surface area contributed by atoms with Crippen LogP contribution in [0.3, 0.4) is 0 Å². The summed E-state index contributed by atoms with van der Waals surface area (Å²) in [4.78, 5) is 10.8. The molecule has 2 aromatic rings. The lowest BCUT2D eigenvalue weighted by molar-refractivity contribution is -0.0165. The summed E-state index contributed by atoms with van der Waals surface area (Å²) in [6.07, 6.45) is 1.93. The minimum Gasteiger partial charge on any atom is -0.497 e. The molecular formula is C24H39N5O3. The number of hydrogen-bond acceptors (Lipinski definition) is 5. The van der Waals surface area contributed by atoms with Crippen molar-refractivity contribution in [2.75, 3.05) is 53.6 Å². The maximum Gasteiger partial charge on any atom is 0.191 e. The van der Waals surface area contributed by atoms with Crippen LogP contribution in [0.5, 0.6) is 11.5 Å². The maximum absolute atomic E-state index is 5.55. The van der Waals surface area contributed by atoms with Crippen molar-refractivity contribution in [2.24, 2.45) is 4.99 Å². The van der Waals surface area contributed by atoms with Crippen LogP contribution in [0.2, 0.25) is 0 Å². The number of benzene rings is 1. The van der Waals surface area contributed by atoms with E-state index in [0.717, 1.165) is 80.6 Å². The van der Waals surface area contributed by atoms with Crippen LogP contribution < -0.4 is 20.1 Å². The molecule has 2 atom stereocenters. The number of hydrogen-bond donors (Lipinski definition) is 3. The van der Waals surface area contributed by atoms with Crippen molar-refractivity contribution in [3.8, 4) is 11.5 Å². The molecule has 1 aromatic carbocycles. The van der Waals surface area contributed by atoms with Crippen LogP contribution in [0.25, 0.3) is 10.9 Å². The minimum absolute atomic E-state index is 0.391. The number of nitrogens with zero attached hydrogens (tertiary/aromatic N) is 2. The highest BCUT2D eigenvalue weighted by Gasteiger charge is 2.23. The molecule has 0 radical (unpaired) electrons. The summed E-state index contributed by atoms with van der Waals surface area (Å²) in [5.41, 5.74) is 2.22. The van der Waals surface area contributed by atoms with Crippen molar-refractivity contribution in [1.82, 2.24) is 20.5 Å². The predicted molar refractivity (Wildman–Crippen MR) is 130 cm³/mol. The molecule has 0 aliphatic carbocycles. The lowest BCUT2D eigenvalue weighted by Crippen LogP contribution is -2.49. The number of aromatic amines is 1. The number of guanidine groups is 1. The van der Waals surface area contributed by atoms with Crippen LogP contribution in [0.1, 0.15) is 32.9 Å². The molecule has 1 aliphatic heterocycles. The van der Waals surface area contributed by atoms with Crippen LogP contribution in [0.4, 0.5) is 0 Å². The molecule has 0 saturated carbocycles. The molecule has 1 fully saturated rings. The molecule has 178 valence electrons. The van der Waals surface area contributed by atoms with E-state index < -0.39 is 0 Å². The van der Waals surface area contributed by atoms with Gasteiger partial charge in [-0.15, -0.1) is 0 Å². The Morgan fingerprint density at radius 1 is 1.28 bits per heavy atom. The van der Waals surface area contributed by atoms with Gasteiger partial charge in [-0.3, -0.25) is 9.89 Å². The van der Waals surface area contributed by atoms with Gasteiger partial charge in [0.25, 0.3) is 0 Å². The Kier molecular flexibility index (Phi) is 9.05. The normalized spacial score (nSPS) is 18.5. The first kappa shape index (κ1) is 24.2. The zero-order valence-electron chi connectivity index (χ0n) is 20.2. The Balaban J connectivity index is 1.51. The molecule has 0 amide bonds. The monoisotopic (exact) mass is 445 g/mol. The zero-order valence-corrected chi connectivity index (χ0v) is 20.2. The summed E-state index contributed by atoms with van der Waals surface area (Å²) in [5.74, 6) is 2.49. The lowest BCUT2D eigenvalue weighted by atomic mass is 10.2. The third-order valence-electron chi connectivity index (χ3n) is 5.94. The number of morpholine rings is 1. The van der Waals surface area contributed by atoms with E-state index in [0.29, 0.717) is 12.1 Å². The number of fused-ring (bicyclic) bond motifs is 1. The predicted octanol–water partition coefficient (Wildman–Crippen LogP) is 2.78. The molecular weight excluding hydrogens is 406 g/mol. The first-order chi connectivity index (χ1) is 15.5. The average molecular weight is 446 g/mol. The third kappa shape index (κ3) is 6.29. The fourth-order valence-electron chi connectivity index (χ4n) is 4.21. The van der Waals surface area contributed by atoms with Gasteiger partial charge in [0.2, 0.25) is 0 Å². The van der Waals surface area contributed by atoms with Gasteiger partial charge in [0, 0.05) is 54.9 Å². The summed E-state index contributed by atoms with van der Waals surface area (Å²) in [6.45, 7) is 11.6. The summed E-state index contributed by atoms with van der Waals surface area (Å²) in [6, 6.07) is 6.92. The Hall–Kier alpha value is -2.45. The van der Waals surface area contributed by atoms with Gasteiger partial charge in [0.05, 0.1) is 39.5 Å². The lowest BCUT2D eigenvalue weighted by Gasteiger charge is -2.37. The highest BCUT2D eigenvalue weighted by atomic mass is 16.5. The van der Waals surface area contributed by atoms with E-state index in [4.69, 9.17) is 19.2 Å². The van der Waals surface area contributed by atoms with Gasteiger partial charge in [0.15, 0.2) is 5.96 Å². The number of nitrogens with one attached hydrogen (secondary N) is 3. The second kappa shape index (κ2) is 12.0. The molecule has 1 saturated heterocycles. The molecule has 8 nitrogen and oxygen atoms in total. The number of methoxy groups -OCH3 is 2. The Morgan fingerprint density at radius 3 is 2.84 bits per heavy atom. The zero-order chi connectivity index (χ0) is 22.9. The van der Waals surface area contributed by atoms with Gasteiger partial charge in [0.1, 0.15) is 11.5 Å². The SMILES string of the molecule is CCNC(=NCC(C)N1CCOCC1C)NCCCc1cc2c(OC)cc(OC)cc2[nH]1. The summed E-state index contributed by atoms with van der Waals surface area (Å²) >= 11 is 0. The summed E-state index contributed by atoms with van der Waals surface area (Å²) in [7, 11) is 3.36. The van der Waals surface area contributed by atoms with Gasteiger partial charge in [-0.1, -0.05) is 0 Å². The second-order valence-corrected chi connectivity index (χ2v) is 8.35. The highest BCUT2D eigenvalue weighted by molar-refractivity contribution is 5.88. The number of aliphatic imine (C=N–C) groups is 1. The van der Waals surface area contributed by atoms with Crippen LogP contribution >= 0.6 is 0 Å². The van der Waals surface area contributed by atoms with Crippen molar-refractivity contribution in [2.45, 2.75) is 45.7 Å². The maximum atomic E-state index is 5.55. The number of ether oxygens (including phenoxy) is 3. The van der Waals surface area contributed by atoms with Crippen molar-refractivity contribution in [3.63, 3.8) is 0 Å². The molecule has 32 heavy (non-hydrogen) atoms. The summed E-state index contributed by atoms with van der Waals surface area (Å²) in [5, 5.41) is 7.91. The van der Waals surface area contributed by atoms with Gasteiger partial charge >= 0.3 is 0 Å². The fraction of sp³-hybridized carbons (Fsp3) is 0.625. The van der Waals surface area contributed by atoms with Crippen LogP contribution in [0, 0.1) is 0 Å². The van der Waals surface area contributed by atoms with Crippen LogP contribution in [-0.2, 0) is 11.2 Å². The number of rotatable bonds is 10. The average Bonchev–Trinajstić information content (AvgIpc) is 3.22. The molecule has 2 unspecified atom stereocenters. The molecule has 2 heterocycles. The number of H-pyrrole nitrogens is 1. The minimum atomic E-state index is 0.391. The standard InChI is InChI=1S/C24H39N5O3/c1-6-25-24(27-15-17(2)29-10-11-32-16-18(29)3)26-9-7-8-19-12-21-22(28-19)13-20(30-4)14-23(21)31-5/h12-14,17-18,28H,6-11,15-16H2,1-5H3,(H2,25,26,27). The number of aromatic nitrogens is 1. The molecule has 1 aromatic heterocycles. The third-order valence-corrected chi connectivity index (χ3v) is 5.94. The molecule has 8 heteroatoms. The Labute approximate surface area is 191 Å². The van der Waals surface area contributed by atoms with E-state index in [9.17, 15) is 0 Å². The molecule has 0 spiro atoms. The van der Waals surface area contributed by atoms with Crippen molar-refractivity contribution in [3.05, 3.63) is 23.9 Å². The number of aryl methyl sites for hydroxylation is 1. The topological polar surface area (TPSA) is 83.1 Å². The van der Waals surface area contributed by atoms with Gasteiger partial charge in [-0.2, -0.15) is 0 Å². The quantitative estimate of drug-likeness (QED) is 0.296. The Bertz CT molecular complexity index is 882. The van der Waals surface area contributed by atoms with Gasteiger partial charge in [-0.25, -0.2) is 0 Å². The smallest absolute Gasteiger partial charge is 0.191 e. The largest absolute Gasteiger partial charge is 0.497 e. The van der Waals surface area contributed by atoms with Crippen LogP contribution in [0.15, 0.2) is 23.2 Å². The summed E-state index contributed by atoms with van der Waals surface area (Å²) < 4.78 is 16.4. The van der Waals surface area contributed by atoms with E-state index in [1.165, 1.54) is 5.69 Å². The van der Waals surface area contributed by atoms with E-state index in [-0.39, 0.29) is 0 Å². The first-order valence-electron chi connectivity index (χ1n) is 11.6. The molecule has 0 bridgehead atoms. The van der Waals surface area contributed by atoms with E-state index in [1.54, 1.807) is 14.2 Å². The Morgan fingerprint density at radius 2 is 2.12 bits per heavy atom. The highest BCUT2D eigenvalue weighted by Crippen LogP contribution is 2.31. The van der Waals surface area contributed by atoms with E-state index in [2.05, 4.69) is 47.4 Å². The second-order valence-electron chi connectivity index (χ2n) is 8.35. The molecule has 1 aliphatic rings. The fourth-order valence-corrected chi connectivity index (χ4v) is 4.21. The molecule has 3 rings (SSSR count).